The van der Waals surface area contributed by atoms with Crippen LogP contribution in [0.25, 0.3) is 11.1 Å². The zero-order valence-corrected chi connectivity index (χ0v) is 10.2. The van der Waals surface area contributed by atoms with Gasteiger partial charge in [-0.15, -0.1) is 0 Å². The van der Waals surface area contributed by atoms with E-state index in [9.17, 15) is 17.3 Å². The maximum atomic E-state index is 9.75. The summed E-state index contributed by atoms with van der Waals surface area (Å²) in [6.45, 7) is 3.47. The molecule has 0 aliphatic rings. The van der Waals surface area contributed by atoms with Crippen LogP contribution < -0.4 is 0 Å². The van der Waals surface area contributed by atoms with Crippen LogP contribution in [0.1, 0.15) is 22.3 Å². The van der Waals surface area contributed by atoms with Gasteiger partial charge in [0.05, 0.1) is 17.2 Å². The highest BCUT2D eigenvalue weighted by atomic mass is 19.5. The molecule has 0 radical (unpaired) electrons. The van der Waals surface area contributed by atoms with Gasteiger partial charge in [0.15, 0.2) is 10.5 Å². The van der Waals surface area contributed by atoms with Gasteiger partial charge in [-0.1, -0.05) is 12.7 Å². The normalized spacial score (nSPS) is 8.95. The molecule has 5 nitrogen and oxygen atoms in total. The average molecular weight is 293 g/mol. The van der Waals surface area contributed by atoms with E-state index in [2.05, 4.69) is 11.6 Å². The van der Waals surface area contributed by atoms with Crippen molar-refractivity contribution in [3.05, 3.63) is 39.9 Å². The van der Waals surface area contributed by atoms with Crippen molar-refractivity contribution in [3.63, 3.8) is 0 Å². The molecular formula is C11H4BF4N5. The molecule has 0 aromatic heterocycles. The Morgan fingerprint density at radius 3 is 1.81 bits per heavy atom. The quantitative estimate of drug-likeness (QED) is 0.447. The first kappa shape index (κ1) is 17.6. The summed E-state index contributed by atoms with van der Waals surface area (Å²) in [7, 11) is -6.00. The fourth-order valence-electron chi connectivity index (χ4n) is 1.30. The first-order chi connectivity index (χ1) is 9.73. The van der Waals surface area contributed by atoms with Crippen molar-refractivity contribution < 1.29 is 17.3 Å². The smallest absolute Gasteiger partial charge is 0.418 e. The summed E-state index contributed by atoms with van der Waals surface area (Å²) in [5, 5.41) is 35.3. The fourth-order valence-corrected chi connectivity index (χ4v) is 1.30. The van der Waals surface area contributed by atoms with E-state index in [1.807, 2.05) is 6.07 Å². The van der Waals surface area contributed by atoms with Crippen LogP contribution in [0.15, 0.2) is 12.6 Å². The minimum absolute atomic E-state index is 0.00986. The van der Waals surface area contributed by atoms with E-state index in [1.165, 1.54) is 12.1 Å². The Bertz CT molecular complexity index is 722. The van der Waals surface area contributed by atoms with E-state index < -0.39 is 7.25 Å². The van der Waals surface area contributed by atoms with E-state index in [0.29, 0.717) is 0 Å². The Morgan fingerprint density at radius 1 is 1.05 bits per heavy atom. The van der Waals surface area contributed by atoms with Crippen LogP contribution in [0.2, 0.25) is 0 Å². The van der Waals surface area contributed by atoms with Crippen LogP contribution in [0, 0.1) is 39.4 Å². The predicted octanol–water partition coefficient (Wildman–Crippen LogP) is 3.73. The minimum Gasteiger partial charge on any atom is -0.418 e. The maximum Gasteiger partial charge on any atom is 0.673 e. The molecule has 10 heteroatoms. The highest BCUT2D eigenvalue weighted by Crippen LogP contribution is 2.28. The Balaban J connectivity index is 0.000000690. The van der Waals surface area contributed by atoms with Gasteiger partial charge in [0.2, 0.25) is 5.39 Å². The highest BCUT2D eigenvalue weighted by Gasteiger charge is 2.23. The molecule has 0 atom stereocenters. The van der Waals surface area contributed by atoms with Crippen molar-refractivity contribution >= 4 is 19.0 Å². The number of halogens is 4. The van der Waals surface area contributed by atoms with Crippen molar-refractivity contribution in [3.8, 4) is 18.2 Å². The summed E-state index contributed by atoms with van der Waals surface area (Å²) in [6.07, 6.45) is 1.32. The standard InChI is InChI=1S/C11H4N5.BF4/c1-2-8-7(4-12)3-11(16-15)10(6-14)9(8)5-13;2-1(3,4)5/h2-3H,1H2;/q+1;-1. The Morgan fingerprint density at radius 2 is 1.52 bits per heavy atom. The molecule has 1 aromatic rings. The number of rotatable bonds is 1. The van der Waals surface area contributed by atoms with Crippen molar-refractivity contribution in [2.75, 3.05) is 0 Å². The number of nitrogens with zero attached hydrogens (tertiary/aromatic N) is 5. The molecule has 0 aliphatic heterocycles. The molecule has 1 rings (SSSR count). The third-order valence-electron chi connectivity index (χ3n) is 2.00. The second-order valence-corrected chi connectivity index (χ2v) is 3.24. The van der Waals surface area contributed by atoms with Crippen molar-refractivity contribution in [1.82, 2.24) is 0 Å². The predicted molar refractivity (Wildman–Crippen MR) is 65.6 cm³/mol. The molecule has 0 aliphatic carbocycles. The van der Waals surface area contributed by atoms with Gasteiger partial charge in [-0.2, -0.15) is 15.8 Å². The van der Waals surface area contributed by atoms with Crippen LogP contribution in [0.5, 0.6) is 0 Å². The molecule has 0 saturated heterocycles. The van der Waals surface area contributed by atoms with Crippen molar-refractivity contribution in [2.24, 2.45) is 0 Å². The van der Waals surface area contributed by atoms with Crippen molar-refractivity contribution in [2.45, 2.75) is 0 Å². The van der Waals surface area contributed by atoms with Gasteiger partial charge in [0.1, 0.15) is 18.2 Å². The molecule has 0 fully saturated rings. The highest BCUT2D eigenvalue weighted by molar-refractivity contribution is 6.50. The minimum atomic E-state index is -6.00. The lowest BCUT2D eigenvalue weighted by atomic mass is 9.96. The van der Waals surface area contributed by atoms with Crippen molar-refractivity contribution in [1.29, 1.82) is 21.2 Å². The zero-order chi connectivity index (χ0) is 16.6. The molecule has 0 unspecified atom stereocenters. The summed E-state index contributed by atoms with van der Waals surface area (Å²) in [6, 6.07) is 6.64. The summed E-state index contributed by atoms with van der Waals surface area (Å²) < 4.78 is 39.0. The van der Waals surface area contributed by atoms with Crippen LogP contribution in [-0.2, 0) is 0 Å². The third kappa shape index (κ3) is 5.02. The molecule has 21 heavy (non-hydrogen) atoms. The molecular weight excluding hydrogens is 289 g/mol. The summed E-state index contributed by atoms with van der Waals surface area (Å²) in [5.74, 6) is 0. The average Bonchev–Trinajstić information content (AvgIpc) is 2.42. The van der Waals surface area contributed by atoms with Crippen LogP contribution in [0.3, 0.4) is 0 Å². The Kier molecular flexibility index (Phi) is 6.11. The van der Waals surface area contributed by atoms with E-state index in [1.54, 1.807) is 12.1 Å². The van der Waals surface area contributed by atoms with Gasteiger partial charge >= 0.3 is 12.9 Å². The number of nitriles is 3. The van der Waals surface area contributed by atoms with Gasteiger partial charge in [0, 0.05) is 5.56 Å². The summed E-state index contributed by atoms with van der Waals surface area (Å²) in [4.78, 5) is 2.87. The van der Waals surface area contributed by atoms with Crippen LogP contribution >= 0.6 is 0 Å². The largest absolute Gasteiger partial charge is 0.673 e. The van der Waals surface area contributed by atoms with Gasteiger partial charge in [-0.3, -0.25) is 0 Å². The second-order valence-electron chi connectivity index (χ2n) is 3.24. The molecule has 0 N–H and O–H groups in total. The monoisotopic (exact) mass is 293 g/mol. The Labute approximate surface area is 116 Å². The van der Waals surface area contributed by atoms with Gasteiger partial charge < -0.3 is 17.3 Å². The van der Waals surface area contributed by atoms with Gasteiger partial charge in [-0.05, 0) is 0 Å². The van der Waals surface area contributed by atoms with Gasteiger partial charge in [0.25, 0.3) is 0 Å². The van der Waals surface area contributed by atoms with E-state index in [0.717, 1.165) is 0 Å². The van der Waals surface area contributed by atoms with E-state index >= 15 is 0 Å². The maximum absolute atomic E-state index is 9.75. The molecule has 104 valence electrons. The lowest BCUT2D eigenvalue weighted by Gasteiger charge is -1.99. The summed E-state index contributed by atoms with van der Waals surface area (Å²) >= 11 is 0. The number of hydrogen-bond donors (Lipinski definition) is 0. The molecule has 0 heterocycles. The number of benzene rings is 1. The topological polar surface area (TPSA) is 99.5 Å². The lowest BCUT2D eigenvalue weighted by Crippen LogP contribution is -2.02. The van der Waals surface area contributed by atoms with Gasteiger partial charge in [-0.25, -0.2) is 0 Å². The van der Waals surface area contributed by atoms with E-state index in [-0.39, 0.29) is 27.9 Å². The molecule has 0 amide bonds. The number of diazo groups is 1. The molecule has 1 aromatic carbocycles. The Hall–Kier alpha value is -3.37. The number of hydrogen-bond acceptors (Lipinski definition) is 4. The fraction of sp³-hybridized carbons (Fsp3) is 0. The lowest BCUT2D eigenvalue weighted by molar-refractivity contribution is 0.368. The summed E-state index contributed by atoms with van der Waals surface area (Å²) in [5.41, 5.74) is 0.233. The van der Waals surface area contributed by atoms with E-state index in [4.69, 9.17) is 21.2 Å². The zero-order valence-electron chi connectivity index (χ0n) is 10.2. The first-order valence-corrected chi connectivity index (χ1v) is 4.99. The SMILES string of the molecule is C=Cc1c(C#N)cc([N+]#N)c(C#N)c1C#N.F[B-](F)(F)F. The second kappa shape index (κ2) is 7.28. The molecule has 0 saturated carbocycles. The third-order valence-corrected chi connectivity index (χ3v) is 2.00. The van der Waals surface area contributed by atoms with Crippen LogP contribution in [-0.4, -0.2) is 7.25 Å². The molecule has 0 spiro atoms. The van der Waals surface area contributed by atoms with Crippen LogP contribution in [0.4, 0.5) is 23.0 Å². The molecule has 0 bridgehead atoms. The first-order valence-electron chi connectivity index (χ1n) is 4.99.